The second kappa shape index (κ2) is 6.09. The molecule has 6 nitrogen and oxygen atoms in total. The summed E-state index contributed by atoms with van der Waals surface area (Å²) in [4.78, 5) is 15.7. The first-order chi connectivity index (χ1) is 10.8. The highest BCUT2D eigenvalue weighted by molar-refractivity contribution is 5.90. The molecule has 2 aromatic carbocycles. The standard InChI is InChI=1S/C16H13N5O/c17-21-19-16-13(9-8-12-7-4-10-18-15(12)16)14(20-22)11-5-2-1-3-6-11/h1-10,14H,(H2,17,19). The topological polar surface area (TPSA) is 93.1 Å². The quantitative estimate of drug-likeness (QED) is 0.340. The Labute approximate surface area is 126 Å². The Morgan fingerprint density at radius 1 is 1.00 bits per heavy atom. The number of fused-ring (bicyclic) bond motifs is 1. The van der Waals surface area contributed by atoms with Crippen LogP contribution in [0, 0.1) is 4.91 Å². The van der Waals surface area contributed by atoms with Gasteiger partial charge in [-0.25, -0.2) is 0 Å². The summed E-state index contributed by atoms with van der Waals surface area (Å²) in [5, 5.41) is 11.5. The van der Waals surface area contributed by atoms with Gasteiger partial charge in [-0.15, -0.1) is 10.0 Å². The van der Waals surface area contributed by atoms with Crippen LogP contribution in [-0.2, 0) is 0 Å². The van der Waals surface area contributed by atoms with E-state index in [1.807, 2.05) is 54.6 Å². The summed E-state index contributed by atoms with van der Waals surface area (Å²) in [6.45, 7) is 0. The third kappa shape index (κ3) is 2.42. The van der Waals surface area contributed by atoms with Crippen LogP contribution in [-0.4, -0.2) is 4.98 Å². The molecule has 3 aromatic rings. The number of benzene rings is 2. The van der Waals surface area contributed by atoms with Gasteiger partial charge in [0.2, 0.25) is 0 Å². The lowest BCUT2D eigenvalue weighted by molar-refractivity contribution is 0.860. The minimum atomic E-state index is -0.687. The Kier molecular flexibility index (Phi) is 3.82. The number of pyridine rings is 1. The van der Waals surface area contributed by atoms with Crippen LogP contribution >= 0.6 is 0 Å². The van der Waals surface area contributed by atoms with E-state index in [0.29, 0.717) is 16.8 Å². The van der Waals surface area contributed by atoms with Crippen molar-refractivity contribution in [2.24, 2.45) is 21.4 Å². The van der Waals surface area contributed by atoms with Crippen LogP contribution in [0.15, 0.2) is 76.3 Å². The fourth-order valence-electron chi connectivity index (χ4n) is 2.46. The molecule has 0 aliphatic heterocycles. The Balaban J connectivity index is 2.25. The molecule has 0 bridgehead atoms. The monoisotopic (exact) mass is 291 g/mol. The lowest BCUT2D eigenvalue weighted by Crippen LogP contribution is -1.99. The van der Waals surface area contributed by atoms with Crippen molar-refractivity contribution in [2.75, 3.05) is 0 Å². The van der Waals surface area contributed by atoms with E-state index in [-0.39, 0.29) is 0 Å². The fraction of sp³-hybridized carbons (Fsp3) is 0.0625. The molecule has 1 unspecified atom stereocenters. The molecular formula is C16H13N5O. The van der Waals surface area contributed by atoms with Gasteiger partial charge in [0, 0.05) is 17.1 Å². The Morgan fingerprint density at radius 3 is 2.55 bits per heavy atom. The number of aromatic nitrogens is 1. The van der Waals surface area contributed by atoms with Gasteiger partial charge in [0.1, 0.15) is 11.7 Å². The summed E-state index contributed by atoms with van der Waals surface area (Å²) >= 11 is 0. The maximum Gasteiger partial charge on any atom is 0.144 e. The molecule has 0 saturated carbocycles. The summed E-state index contributed by atoms with van der Waals surface area (Å²) in [7, 11) is 0. The van der Waals surface area contributed by atoms with Crippen molar-refractivity contribution in [1.82, 2.24) is 4.98 Å². The van der Waals surface area contributed by atoms with Gasteiger partial charge < -0.3 is 5.84 Å². The van der Waals surface area contributed by atoms with Crippen molar-refractivity contribution in [2.45, 2.75) is 6.04 Å². The number of nitrogens with zero attached hydrogens (tertiary/aromatic N) is 4. The highest BCUT2D eigenvalue weighted by Crippen LogP contribution is 2.37. The predicted molar refractivity (Wildman–Crippen MR) is 84.5 cm³/mol. The van der Waals surface area contributed by atoms with Crippen molar-refractivity contribution in [1.29, 1.82) is 0 Å². The largest absolute Gasteiger partial charge is 0.305 e. The van der Waals surface area contributed by atoms with Gasteiger partial charge in [-0.3, -0.25) is 4.98 Å². The first-order valence-electron chi connectivity index (χ1n) is 6.71. The van der Waals surface area contributed by atoms with Crippen molar-refractivity contribution < 1.29 is 0 Å². The van der Waals surface area contributed by atoms with Crippen LogP contribution in [0.3, 0.4) is 0 Å². The van der Waals surface area contributed by atoms with E-state index in [0.717, 1.165) is 10.9 Å². The van der Waals surface area contributed by atoms with Crippen LogP contribution in [0.4, 0.5) is 5.69 Å². The van der Waals surface area contributed by atoms with Gasteiger partial charge >= 0.3 is 0 Å². The molecule has 6 heteroatoms. The highest BCUT2D eigenvalue weighted by Gasteiger charge is 2.20. The lowest BCUT2D eigenvalue weighted by atomic mass is 9.96. The summed E-state index contributed by atoms with van der Waals surface area (Å²) < 4.78 is 0. The molecule has 0 fully saturated rings. The van der Waals surface area contributed by atoms with Gasteiger partial charge in [0.15, 0.2) is 0 Å². The molecule has 0 spiro atoms. The lowest BCUT2D eigenvalue weighted by Gasteiger charge is -2.13. The van der Waals surface area contributed by atoms with E-state index in [9.17, 15) is 4.91 Å². The number of nitroso groups, excluding NO2 is 1. The first-order valence-corrected chi connectivity index (χ1v) is 6.71. The molecule has 0 aliphatic rings. The van der Waals surface area contributed by atoms with E-state index >= 15 is 0 Å². The minimum absolute atomic E-state index is 0.467. The Hall–Kier alpha value is -3.15. The van der Waals surface area contributed by atoms with E-state index < -0.39 is 6.04 Å². The summed E-state index contributed by atoms with van der Waals surface area (Å²) in [5.41, 5.74) is 2.51. The van der Waals surface area contributed by atoms with Gasteiger partial charge in [-0.2, -0.15) is 0 Å². The molecule has 2 N–H and O–H groups in total. The third-order valence-corrected chi connectivity index (χ3v) is 3.45. The second-order valence-corrected chi connectivity index (χ2v) is 4.71. The summed E-state index contributed by atoms with van der Waals surface area (Å²) in [6, 6.07) is 16.0. The van der Waals surface area contributed by atoms with Crippen molar-refractivity contribution >= 4 is 16.6 Å². The molecule has 0 saturated heterocycles. The number of rotatable bonds is 4. The van der Waals surface area contributed by atoms with Gasteiger partial charge in [-0.05, 0) is 11.6 Å². The van der Waals surface area contributed by atoms with Gasteiger partial charge in [0.25, 0.3) is 0 Å². The zero-order valence-corrected chi connectivity index (χ0v) is 11.6. The second-order valence-electron chi connectivity index (χ2n) is 4.71. The molecule has 3 rings (SSSR count). The molecule has 0 amide bonds. The molecule has 22 heavy (non-hydrogen) atoms. The fourth-order valence-corrected chi connectivity index (χ4v) is 2.46. The van der Waals surface area contributed by atoms with Crippen LogP contribution in [0.25, 0.3) is 10.9 Å². The molecule has 0 aliphatic carbocycles. The van der Waals surface area contributed by atoms with E-state index in [1.165, 1.54) is 0 Å². The highest BCUT2D eigenvalue weighted by atomic mass is 16.3. The average Bonchev–Trinajstić information content (AvgIpc) is 2.58. The molecule has 1 heterocycles. The SMILES string of the molecule is NN=Nc1c(C(N=O)c2ccccc2)ccc2cccnc12. The first kappa shape index (κ1) is 13.8. The van der Waals surface area contributed by atoms with E-state index in [4.69, 9.17) is 5.84 Å². The number of hydrogen-bond donors (Lipinski definition) is 1. The van der Waals surface area contributed by atoms with E-state index in [1.54, 1.807) is 6.20 Å². The smallest absolute Gasteiger partial charge is 0.144 e. The molecule has 108 valence electrons. The van der Waals surface area contributed by atoms with Gasteiger partial charge in [0.05, 0.1) is 5.52 Å². The van der Waals surface area contributed by atoms with Crippen molar-refractivity contribution in [3.63, 3.8) is 0 Å². The van der Waals surface area contributed by atoms with Gasteiger partial charge in [-0.1, -0.05) is 58.9 Å². The molecule has 1 atom stereocenters. The van der Waals surface area contributed by atoms with Crippen molar-refractivity contribution in [3.8, 4) is 0 Å². The van der Waals surface area contributed by atoms with Crippen LogP contribution < -0.4 is 5.84 Å². The van der Waals surface area contributed by atoms with Crippen LogP contribution in [0.1, 0.15) is 17.2 Å². The Morgan fingerprint density at radius 2 is 1.82 bits per heavy atom. The summed E-state index contributed by atoms with van der Waals surface area (Å²) in [5.74, 6) is 5.22. The molecule has 0 radical (unpaired) electrons. The Bertz CT molecular complexity index is 832. The maximum atomic E-state index is 11.4. The zero-order chi connectivity index (χ0) is 15.4. The van der Waals surface area contributed by atoms with E-state index in [2.05, 4.69) is 20.5 Å². The maximum absolute atomic E-state index is 11.4. The minimum Gasteiger partial charge on any atom is -0.305 e. The molecular weight excluding hydrogens is 278 g/mol. The number of nitrogens with two attached hydrogens (primary N) is 1. The molecule has 1 aromatic heterocycles. The van der Waals surface area contributed by atoms with Crippen LogP contribution in [0.2, 0.25) is 0 Å². The summed E-state index contributed by atoms with van der Waals surface area (Å²) in [6.07, 6.45) is 1.66. The normalized spacial score (nSPS) is 12.5. The van der Waals surface area contributed by atoms with Crippen molar-refractivity contribution in [3.05, 3.63) is 76.8 Å². The average molecular weight is 291 g/mol. The number of hydrogen-bond acceptors (Lipinski definition) is 5. The predicted octanol–water partition coefficient (Wildman–Crippen LogP) is 4.05. The van der Waals surface area contributed by atoms with Crippen LogP contribution in [0.5, 0.6) is 0 Å². The third-order valence-electron chi connectivity index (χ3n) is 3.45. The zero-order valence-electron chi connectivity index (χ0n) is 11.6.